The molecule has 1 N–H and O–H groups in total. The summed E-state index contributed by atoms with van der Waals surface area (Å²) < 4.78 is 5.37. The molecule has 1 fully saturated rings. The van der Waals surface area contributed by atoms with Gasteiger partial charge in [-0.3, -0.25) is 9.59 Å². The molecular weight excluding hydrogens is 436 g/mol. The van der Waals surface area contributed by atoms with Gasteiger partial charge in [0.25, 0.3) is 0 Å². The molecule has 0 heterocycles. The van der Waals surface area contributed by atoms with Crippen molar-refractivity contribution in [3.8, 4) is 5.75 Å². The molecule has 1 aliphatic carbocycles. The van der Waals surface area contributed by atoms with E-state index in [0.29, 0.717) is 19.4 Å². The van der Waals surface area contributed by atoms with Crippen LogP contribution in [0.5, 0.6) is 5.75 Å². The maximum Gasteiger partial charge on any atom is 0.242 e. The Morgan fingerprint density at radius 3 is 2.54 bits per heavy atom. The minimum absolute atomic E-state index is 0.0213. The van der Waals surface area contributed by atoms with E-state index in [2.05, 4.69) is 29.6 Å². The fourth-order valence-corrected chi connectivity index (χ4v) is 5.01. The molecule has 3 aromatic carbocycles. The Morgan fingerprint density at radius 1 is 1.00 bits per heavy atom. The van der Waals surface area contributed by atoms with Gasteiger partial charge in [0.2, 0.25) is 11.8 Å². The number of nitrogens with one attached hydrogen (secondary N) is 1. The summed E-state index contributed by atoms with van der Waals surface area (Å²) in [6.07, 6.45) is 6.54. The maximum absolute atomic E-state index is 13.6. The summed E-state index contributed by atoms with van der Waals surface area (Å²) in [5.41, 5.74) is 2.09. The number of amides is 2. The van der Waals surface area contributed by atoms with Crippen molar-refractivity contribution in [2.24, 2.45) is 0 Å². The van der Waals surface area contributed by atoms with E-state index in [-0.39, 0.29) is 17.9 Å². The number of nitrogens with zero attached hydrogens (tertiary/aromatic N) is 1. The number of carbonyl (C=O) groups is 2. The first-order chi connectivity index (χ1) is 17.0. The second-order valence-electron chi connectivity index (χ2n) is 9.53. The topological polar surface area (TPSA) is 58.6 Å². The van der Waals surface area contributed by atoms with Gasteiger partial charge in [-0.05, 0) is 60.2 Å². The van der Waals surface area contributed by atoms with Crippen LogP contribution in [-0.4, -0.2) is 35.9 Å². The van der Waals surface area contributed by atoms with Crippen LogP contribution in [0.25, 0.3) is 10.8 Å². The summed E-state index contributed by atoms with van der Waals surface area (Å²) in [5, 5.41) is 5.55. The highest BCUT2D eigenvalue weighted by atomic mass is 16.5. The van der Waals surface area contributed by atoms with Crippen molar-refractivity contribution >= 4 is 22.6 Å². The molecule has 4 rings (SSSR count). The number of benzene rings is 3. The molecule has 0 aliphatic heterocycles. The first-order valence-electron chi connectivity index (χ1n) is 12.7. The Bertz CT molecular complexity index is 1150. The Balaban J connectivity index is 1.51. The third kappa shape index (κ3) is 6.41. The zero-order chi connectivity index (χ0) is 24.6. The van der Waals surface area contributed by atoms with E-state index in [4.69, 9.17) is 4.74 Å². The predicted octanol–water partition coefficient (Wildman–Crippen LogP) is 5.65. The van der Waals surface area contributed by atoms with E-state index in [1.807, 2.05) is 49.4 Å². The second kappa shape index (κ2) is 11.9. The summed E-state index contributed by atoms with van der Waals surface area (Å²) in [5.74, 6) is 0.648. The molecular formula is C30H36N2O3. The molecule has 5 nitrogen and oxygen atoms in total. The normalized spacial score (nSPS) is 14.9. The van der Waals surface area contributed by atoms with Crippen LogP contribution < -0.4 is 10.1 Å². The van der Waals surface area contributed by atoms with Gasteiger partial charge in [-0.25, -0.2) is 0 Å². The fourth-order valence-electron chi connectivity index (χ4n) is 5.01. The van der Waals surface area contributed by atoms with E-state index in [0.717, 1.165) is 42.6 Å². The SMILES string of the molecule is COc1cccc(CN(C(=O)CCc2cccc3ccccc23)[C@H](C)C(=O)NC2CCCCC2)c1. The van der Waals surface area contributed by atoms with Crippen molar-refractivity contribution in [1.82, 2.24) is 10.2 Å². The quantitative estimate of drug-likeness (QED) is 0.438. The van der Waals surface area contributed by atoms with Crippen LogP contribution in [0.15, 0.2) is 66.7 Å². The van der Waals surface area contributed by atoms with E-state index in [1.54, 1.807) is 12.0 Å². The highest BCUT2D eigenvalue weighted by Gasteiger charge is 2.28. The molecule has 1 saturated carbocycles. The number of carbonyl (C=O) groups excluding carboxylic acids is 2. The number of methoxy groups -OCH3 is 1. The molecule has 5 heteroatoms. The number of ether oxygens (including phenoxy) is 1. The fraction of sp³-hybridized carbons (Fsp3) is 0.400. The zero-order valence-electron chi connectivity index (χ0n) is 20.8. The monoisotopic (exact) mass is 472 g/mol. The summed E-state index contributed by atoms with van der Waals surface area (Å²) in [6.45, 7) is 2.21. The average molecular weight is 473 g/mol. The van der Waals surface area contributed by atoms with Crippen LogP contribution in [0.4, 0.5) is 0 Å². The molecule has 0 spiro atoms. The van der Waals surface area contributed by atoms with Crippen molar-refractivity contribution in [2.45, 2.75) is 70.5 Å². The minimum Gasteiger partial charge on any atom is -0.497 e. The van der Waals surface area contributed by atoms with Crippen molar-refractivity contribution in [3.05, 3.63) is 77.9 Å². The first kappa shape index (κ1) is 24.8. The summed E-state index contributed by atoms with van der Waals surface area (Å²) in [6, 6.07) is 21.8. The third-order valence-electron chi connectivity index (χ3n) is 7.09. The Hall–Kier alpha value is -3.34. The molecule has 0 aromatic heterocycles. The van der Waals surface area contributed by atoms with E-state index < -0.39 is 6.04 Å². The largest absolute Gasteiger partial charge is 0.497 e. The van der Waals surface area contributed by atoms with Crippen molar-refractivity contribution in [2.75, 3.05) is 7.11 Å². The lowest BCUT2D eigenvalue weighted by Crippen LogP contribution is -2.50. The lowest BCUT2D eigenvalue weighted by molar-refractivity contribution is -0.141. The number of hydrogen-bond acceptors (Lipinski definition) is 3. The third-order valence-corrected chi connectivity index (χ3v) is 7.09. The van der Waals surface area contributed by atoms with Gasteiger partial charge in [0.1, 0.15) is 11.8 Å². The Kier molecular flexibility index (Phi) is 8.40. The summed E-state index contributed by atoms with van der Waals surface area (Å²) in [4.78, 5) is 28.5. The van der Waals surface area contributed by atoms with Gasteiger partial charge in [0.05, 0.1) is 7.11 Å². The van der Waals surface area contributed by atoms with Crippen molar-refractivity contribution in [1.29, 1.82) is 0 Å². The lowest BCUT2D eigenvalue weighted by Gasteiger charge is -2.31. The standard InChI is InChI=1S/C30H36N2O3/c1-22(30(34)31-26-14-4-3-5-15-26)32(21-23-10-8-16-27(20-23)35-2)29(33)19-18-25-13-9-12-24-11-6-7-17-28(24)25/h6-13,16-17,20,22,26H,3-5,14-15,18-19,21H2,1-2H3,(H,31,34)/t22-/m1/s1. The predicted molar refractivity (Wildman–Crippen MR) is 140 cm³/mol. The molecule has 35 heavy (non-hydrogen) atoms. The molecule has 0 unspecified atom stereocenters. The highest BCUT2D eigenvalue weighted by Crippen LogP contribution is 2.22. The van der Waals surface area contributed by atoms with Crippen LogP contribution in [0.3, 0.4) is 0 Å². The molecule has 1 atom stereocenters. The highest BCUT2D eigenvalue weighted by molar-refractivity contribution is 5.89. The van der Waals surface area contributed by atoms with Gasteiger partial charge >= 0.3 is 0 Å². The average Bonchev–Trinajstić information content (AvgIpc) is 2.90. The van der Waals surface area contributed by atoms with E-state index >= 15 is 0 Å². The minimum atomic E-state index is -0.553. The molecule has 0 saturated heterocycles. The summed E-state index contributed by atoms with van der Waals surface area (Å²) >= 11 is 0. The summed E-state index contributed by atoms with van der Waals surface area (Å²) in [7, 11) is 1.63. The van der Waals surface area contributed by atoms with Crippen molar-refractivity contribution < 1.29 is 14.3 Å². The van der Waals surface area contributed by atoms with Crippen LogP contribution >= 0.6 is 0 Å². The van der Waals surface area contributed by atoms with Gasteiger partial charge in [0.15, 0.2) is 0 Å². The molecule has 184 valence electrons. The number of aryl methyl sites for hydroxylation is 1. The maximum atomic E-state index is 13.6. The smallest absolute Gasteiger partial charge is 0.242 e. The first-order valence-corrected chi connectivity index (χ1v) is 12.7. The molecule has 0 radical (unpaired) electrons. The van der Waals surface area contributed by atoms with Crippen LogP contribution in [0, 0.1) is 0 Å². The van der Waals surface area contributed by atoms with Gasteiger partial charge in [-0.15, -0.1) is 0 Å². The van der Waals surface area contributed by atoms with E-state index in [9.17, 15) is 9.59 Å². The van der Waals surface area contributed by atoms with Crippen LogP contribution in [-0.2, 0) is 22.6 Å². The molecule has 0 bridgehead atoms. The van der Waals surface area contributed by atoms with Gasteiger partial charge in [0, 0.05) is 19.0 Å². The number of hydrogen-bond donors (Lipinski definition) is 1. The van der Waals surface area contributed by atoms with Gasteiger partial charge < -0.3 is 15.0 Å². The number of fused-ring (bicyclic) bond motifs is 1. The van der Waals surface area contributed by atoms with Gasteiger partial charge in [-0.2, -0.15) is 0 Å². The molecule has 2 amide bonds. The molecule has 1 aliphatic rings. The van der Waals surface area contributed by atoms with Crippen molar-refractivity contribution in [3.63, 3.8) is 0 Å². The van der Waals surface area contributed by atoms with Crippen LogP contribution in [0.1, 0.15) is 56.6 Å². The second-order valence-corrected chi connectivity index (χ2v) is 9.53. The Labute approximate surface area is 208 Å². The number of rotatable bonds is 9. The Morgan fingerprint density at radius 2 is 1.74 bits per heavy atom. The zero-order valence-corrected chi connectivity index (χ0v) is 20.8. The lowest BCUT2D eigenvalue weighted by atomic mass is 9.95. The van der Waals surface area contributed by atoms with E-state index in [1.165, 1.54) is 17.2 Å². The van der Waals surface area contributed by atoms with Gasteiger partial charge in [-0.1, -0.05) is 73.9 Å². The van der Waals surface area contributed by atoms with Crippen LogP contribution in [0.2, 0.25) is 0 Å². The molecule has 3 aromatic rings.